The number of carboxylic acid groups (broad SMARTS) is 1. The molecule has 0 fully saturated rings. The van der Waals surface area contributed by atoms with Gasteiger partial charge in [0.05, 0.1) is 0 Å². The molecule has 45 heavy (non-hydrogen) atoms. The number of rotatable bonds is 10. The molecule has 0 bridgehead atoms. The van der Waals surface area contributed by atoms with Crippen LogP contribution in [-0.2, 0) is 11.2 Å². The molecule has 2 heterocycles. The van der Waals surface area contributed by atoms with Crippen molar-refractivity contribution in [2.75, 3.05) is 17.2 Å². The smallest absolute Gasteiger partial charge is 0.360 e. The van der Waals surface area contributed by atoms with Gasteiger partial charge in [-0.3, -0.25) is 9.59 Å². The normalized spacial score (nSPS) is 11.5. The van der Waals surface area contributed by atoms with Crippen molar-refractivity contribution in [3.8, 4) is 0 Å². The minimum absolute atomic E-state index is 0.00391. The van der Waals surface area contributed by atoms with Crippen LogP contribution in [0.3, 0.4) is 0 Å². The lowest BCUT2D eigenvalue weighted by Crippen LogP contribution is -2.32. The molecule has 5 N–H and O–H groups in total. The topological polar surface area (TPSA) is 165 Å². The lowest BCUT2D eigenvalue weighted by molar-refractivity contribution is -0.138. The van der Waals surface area contributed by atoms with E-state index in [4.69, 9.17) is 19.7 Å². The maximum absolute atomic E-state index is 13.0. The first kappa shape index (κ1) is 32.7. The number of carbonyl (C=O) groups excluding carboxylic acids is 1. The van der Waals surface area contributed by atoms with Crippen LogP contribution >= 0.6 is 0 Å². The standard InChI is InChI=1S/C26H26N2O5.C9H11NO2/c1-4-5-8-13-27-17-11-12-19-15(2)22(25(30)33-21(19)14-17)24(29)28-23-16(3)18-9-6-7-10-20(18)32-26(23)31;10-8(9(11)12)6-7-4-2-1-3-5-7/h6-7,9-12,14,27H,4-5,8,13H2,1-3H3,(H,28,29);1-5,8H,6,10H2,(H,11,12). The summed E-state index contributed by atoms with van der Waals surface area (Å²) in [6.07, 6.45) is 3.72. The van der Waals surface area contributed by atoms with Crippen LogP contribution in [0.1, 0.15) is 53.2 Å². The fourth-order valence-corrected chi connectivity index (χ4v) is 4.92. The van der Waals surface area contributed by atoms with E-state index in [2.05, 4.69) is 17.6 Å². The zero-order valence-corrected chi connectivity index (χ0v) is 25.5. The highest BCUT2D eigenvalue weighted by atomic mass is 16.4. The summed E-state index contributed by atoms with van der Waals surface area (Å²) in [6.45, 7) is 6.39. The summed E-state index contributed by atoms with van der Waals surface area (Å²) < 4.78 is 10.8. The molecule has 0 aliphatic carbocycles. The number of anilines is 2. The Kier molecular flexibility index (Phi) is 10.9. The average Bonchev–Trinajstić information content (AvgIpc) is 3.02. The van der Waals surface area contributed by atoms with Crippen LogP contribution in [0.2, 0.25) is 0 Å². The average molecular weight is 612 g/mol. The minimum atomic E-state index is -0.959. The van der Waals surface area contributed by atoms with Crippen molar-refractivity contribution < 1.29 is 23.5 Å². The first-order valence-corrected chi connectivity index (χ1v) is 14.8. The summed E-state index contributed by atoms with van der Waals surface area (Å²) in [5.41, 5.74) is 7.45. The number of nitrogens with two attached hydrogens (primary N) is 1. The van der Waals surface area contributed by atoms with E-state index in [1.165, 1.54) is 0 Å². The molecule has 0 saturated carbocycles. The van der Waals surface area contributed by atoms with Crippen LogP contribution in [0.25, 0.3) is 21.9 Å². The van der Waals surface area contributed by atoms with Gasteiger partial charge in [-0.25, -0.2) is 9.59 Å². The molecule has 3 aromatic carbocycles. The van der Waals surface area contributed by atoms with Crippen LogP contribution < -0.4 is 27.6 Å². The van der Waals surface area contributed by atoms with E-state index < -0.39 is 29.2 Å². The summed E-state index contributed by atoms with van der Waals surface area (Å²) in [6, 6.07) is 21.1. The van der Waals surface area contributed by atoms with Crippen molar-refractivity contribution in [2.24, 2.45) is 5.73 Å². The fourth-order valence-electron chi connectivity index (χ4n) is 4.92. The molecule has 5 aromatic rings. The van der Waals surface area contributed by atoms with Crippen molar-refractivity contribution in [1.29, 1.82) is 0 Å². The second-order valence-electron chi connectivity index (χ2n) is 10.7. The molecule has 0 aliphatic rings. The largest absolute Gasteiger partial charge is 0.480 e. The summed E-state index contributed by atoms with van der Waals surface area (Å²) >= 11 is 0. The SMILES string of the molecule is CCCCCNc1ccc2c(C)c(C(=O)Nc3c(C)c4ccccc4oc3=O)c(=O)oc2c1.NC(Cc1ccccc1)C(=O)O. The quantitative estimate of drug-likeness (QED) is 0.109. The van der Waals surface area contributed by atoms with E-state index in [1.54, 1.807) is 38.1 Å². The second kappa shape index (κ2) is 15.0. The van der Waals surface area contributed by atoms with E-state index in [0.29, 0.717) is 39.5 Å². The summed E-state index contributed by atoms with van der Waals surface area (Å²) in [5.74, 6) is -1.67. The molecule has 0 radical (unpaired) electrons. The third-order valence-corrected chi connectivity index (χ3v) is 7.43. The van der Waals surface area contributed by atoms with Gasteiger partial charge in [-0.15, -0.1) is 0 Å². The molecule has 1 atom stereocenters. The van der Waals surface area contributed by atoms with E-state index >= 15 is 0 Å². The van der Waals surface area contributed by atoms with Gasteiger partial charge in [-0.2, -0.15) is 0 Å². The van der Waals surface area contributed by atoms with Crippen molar-refractivity contribution >= 4 is 45.2 Å². The molecule has 10 heteroatoms. The number of carboxylic acids is 1. The monoisotopic (exact) mass is 611 g/mol. The van der Waals surface area contributed by atoms with Gasteiger partial charge in [0.25, 0.3) is 5.91 Å². The van der Waals surface area contributed by atoms with Crippen LogP contribution in [0.5, 0.6) is 0 Å². The highest BCUT2D eigenvalue weighted by Crippen LogP contribution is 2.25. The Balaban J connectivity index is 0.000000323. The Morgan fingerprint density at radius 2 is 1.51 bits per heavy atom. The molecule has 10 nitrogen and oxygen atoms in total. The highest BCUT2D eigenvalue weighted by molar-refractivity contribution is 6.08. The van der Waals surface area contributed by atoms with Crippen LogP contribution in [0, 0.1) is 13.8 Å². The third-order valence-electron chi connectivity index (χ3n) is 7.43. The van der Waals surface area contributed by atoms with E-state index in [9.17, 15) is 19.2 Å². The Morgan fingerprint density at radius 3 is 2.22 bits per heavy atom. The van der Waals surface area contributed by atoms with Gasteiger partial charge in [-0.05, 0) is 61.6 Å². The second-order valence-corrected chi connectivity index (χ2v) is 10.7. The first-order valence-electron chi connectivity index (χ1n) is 14.8. The minimum Gasteiger partial charge on any atom is -0.480 e. The van der Waals surface area contributed by atoms with Gasteiger partial charge < -0.3 is 30.3 Å². The Labute approximate surface area is 259 Å². The van der Waals surface area contributed by atoms with Gasteiger partial charge in [0.15, 0.2) is 0 Å². The number of amides is 1. The number of aliphatic carboxylic acids is 1. The Morgan fingerprint density at radius 1 is 0.844 bits per heavy atom. The molecular weight excluding hydrogens is 574 g/mol. The molecule has 0 spiro atoms. The third kappa shape index (κ3) is 8.04. The van der Waals surface area contributed by atoms with E-state index in [0.717, 1.165) is 37.1 Å². The highest BCUT2D eigenvalue weighted by Gasteiger charge is 2.22. The number of benzene rings is 3. The summed E-state index contributed by atoms with van der Waals surface area (Å²) in [5, 5.41) is 15.8. The molecule has 234 valence electrons. The fraction of sp³-hybridized carbons (Fsp3) is 0.257. The molecule has 0 aliphatic heterocycles. The van der Waals surface area contributed by atoms with Crippen molar-refractivity contribution in [1.82, 2.24) is 0 Å². The zero-order valence-electron chi connectivity index (χ0n) is 25.5. The maximum atomic E-state index is 13.0. The number of fused-ring (bicyclic) bond motifs is 2. The van der Waals surface area contributed by atoms with Crippen molar-refractivity contribution in [3.05, 3.63) is 116 Å². The van der Waals surface area contributed by atoms with Crippen LogP contribution in [-0.4, -0.2) is 29.6 Å². The van der Waals surface area contributed by atoms with Crippen LogP contribution in [0.15, 0.2) is 91.2 Å². The van der Waals surface area contributed by atoms with Gasteiger partial charge in [0, 0.05) is 29.1 Å². The summed E-state index contributed by atoms with van der Waals surface area (Å²) in [7, 11) is 0. The number of hydrogen-bond acceptors (Lipinski definition) is 8. The van der Waals surface area contributed by atoms with E-state index in [1.807, 2.05) is 48.5 Å². The number of nitrogens with one attached hydrogen (secondary N) is 2. The molecule has 0 saturated heterocycles. The Bertz CT molecular complexity index is 1930. The molecule has 5 rings (SSSR count). The first-order chi connectivity index (χ1) is 21.6. The lowest BCUT2D eigenvalue weighted by Gasteiger charge is -2.12. The predicted octanol–water partition coefficient (Wildman–Crippen LogP) is 6.01. The molecule has 1 unspecified atom stereocenters. The molecular formula is C35H37N3O7. The van der Waals surface area contributed by atoms with Gasteiger partial charge in [0.2, 0.25) is 0 Å². The van der Waals surface area contributed by atoms with E-state index in [-0.39, 0.29) is 11.3 Å². The number of unbranched alkanes of at least 4 members (excludes halogenated alkanes) is 2. The molecule has 1 amide bonds. The predicted molar refractivity (Wildman–Crippen MR) is 176 cm³/mol. The lowest BCUT2D eigenvalue weighted by atomic mass is 10.0. The number of hydrogen-bond donors (Lipinski definition) is 4. The number of para-hydroxylation sites is 1. The Hall–Kier alpha value is -5.22. The summed E-state index contributed by atoms with van der Waals surface area (Å²) in [4.78, 5) is 48.6. The van der Waals surface area contributed by atoms with Crippen molar-refractivity contribution in [3.63, 3.8) is 0 Å². The molecule has 2 aromatic heterocycles. The van der Waals surface area contributed by atoms with Gasteiger partial charge >= 0.3 is 17.2 Å². The number of carbonyl (C=O) groups is 2. The maximum Gasteiger partial charge on any atom is 0.360 e. The van der Waals surface area contributed by atoms with Crippen molar-refractivity contribution in [2.45, 2.75) is 52.5 Å². The number of aryl methyl sites for hydroxylation is 2. The van der Waals surface area contributed by atoms with Gasteiger partial charge in [-0.1, -0.05) is 68.3 Å². The zero-order chi connectivity index (χ0) is 32.5. The van der Waals surface area contributed by atoms with Gasteiger partial charge in [0.1, 0.15) is 28.5 Å². The van der Waals surface area contributed by atoms with Crippen LogP contribution in [0.4, 0.5) is 11.4 Å².